The van der Waals surface area contributed by atoms with Crippen LogP contribution in [0.2, 0.25) is 5.28 Å². The molecule has 0 fully saturated rings. The number of hydrogen-bond donors (Lipinski definition) is 0. The van der Waals surface area contributed by atoms with Crippen molar-refractivity contribution in [1.29, 1.82) is 0 Å². The minimum atomic E-state index is 0.227. The van der Waals surface area contributed by atoms with Gasteiger partial charge in [-0.15, -0.1) is 0 Å². The number of benzene rings is 1. The zero-order chi connectivity index (χ0) is 11.0. The SMILES string of the molecule is Clc1nc(-c2ccco2)c2ccccc2n1. The number of fused-ring (bicyclic) bond motifs is 1. The molecule has 0 N–H and O–H groups in total. The van der Waals surface area contributed by atoms with Gasteiger partial charge in [0.2, 0.25) is 5.28 Å². The fourth-order valence-corrected chi connectivity index (χ4v) is 1.82. The summed E-state index contributed by atoms with van der Waals surface area (Å²) in [6.07, 6.45) is 1.61. The smallest absolute Gasteiger partial charge is 0.223 e. The Labute approximate surface area is 96.7 Å². The van der Waals surface area contributed by atoms with Crippen molar-refractivity contribution >= 4 is 22.5 Å². The quantitative estimate of drug-likeness (QED) is 0.600. The average molecular weight is 231 g/mol. The molecule has 3 aromatic rings. The summed E-state index contributed by atoms with van der Waals surface area (Å²) >= 11 is 5.88. The van der Waals surface area contributed by atoms with Crippen LogP contribution in [0, 0.1) is 0 Å². The van der Waals surface area contributed by atoms with Crippen LogP contribution in [0.4, 0.5) is 0 Å². The van der Waals surface area contributed by atoms with E-state index in [-0.39, 0.29) is 5.28 Å². The molecule has 0 aliphatic rings. The van der Waals surface area contributed by atoms with Crippen LogP contribution in [0.15, 0.2) is 47.1 Å². The molecule has 2 heterocycles. The molecule has 0 saturated heterocycles. The zero-order valence-corrected chi connectivity index (χ0v) is 8.98. The third-order valence-corrected chi connectivity index (χ3v) is 2.50. The van der Waals surface area contributed by atoms with Crippen molar-refractivity contribution in [2.24, 2.45) is 0 Å². The van der Waals surface area contributed by atoms with Gasteiger partial charge in [0.1, 0.15) is 5.69 Å². The lowest BCUT2D eigenvalue weighted by molar-refractivity contribution is 0.580. The second-order valence-corrected chi connectivity index (χ2v) is 3.67. The second kappa shape index (κ2) is 3.61. The number of aromatic nitrogens is 2. The largest absolute Gasteiger partial charge is 0.463 e. The Balaban J connectivity index is 2.39. The van der Waals surface area contributed by atoms with Crippen LogP contribution in [0.3, 0.4) is 0 Å². The first-order valence-electron chi connectivity index (χ1n) is 4.81. The molecule has 1 aromatic carbocycles. The minimum Gasteiger partial charge on any atom is -0.463 e. The summed E-state index contributed by atoms with van der Waals surface area (Å²) in [5.74, 6) is 0.695. The van der Waals surface area contributed by atoms with Crippen molar-refractivity contribution in [3.8, 4) is 11.5 Å². The number of halogens is 1. The Hall–Kier alpha value is -1.87. The van der Waals surface area contributed by atoms with Gasteiger partial charge in [-0.3, -0.25) is 0 Å². The van der Waals surface area contributed by atoms with E-state index in [9.17, 15) is 0 Å². The van der Waals surface area contributed by atoms with Gasteiger partial charge in [0, 0.05) is 5.39 Å². The predicted molar refractivity (Wildman–Crippen MR) is 62.3 cm³/mol. The van der Waals surface area contributed by atoms with E-state index < -0.39 is 0 Å². The van der Waals surface area contributed by atoms with E-state index in [1.165, 1.54) is 0 Å². The van der Waals surface area contributed by atoms with Crippen molar-refractivity contribution in [2.75, 3.05) is 0 Å². The lowest BCUT2D eigenvalue weighted by atomic mass is 10.1. The molecular weight excluding hydrogens is 224 g/mol. The normalized spacial score (nSPS) is 10.8. The highest BCUT2D eigenvalue weighted by Gasteiger charge is 2.10. The van der Waals surface area contributed by atoms with E-state index in [1.807, 2.05) is 36.4 Å². The van der Waals surface area contributed by atoms with Gasteiger partial charge in [0.25, 0.3) is 0 Å². The van der Waals surface area contributed by atoms with Crippen LogP contribution in [0.1, 0.15) is 0 Å². The first kappa shape index (κ1) is 9.36. The van der Waals surface area contributed by atoms with Crippen molar-refractivity contribution in [3.05, 3.63) is 47.9 Å². The first-order valence-corrected chi connectivity index (χ1v) is 5.18. The molecule has 0 bridgehead atoms. The van der Waals surface area contributed by atoms with E-state index in [1.54, 1.807) is 6.26 Å². The van der Waals surface area contributed by atoms with Gasteiger partial charge in [-0.05, 0) is 29.8 Å². The molecule has 3 rings (SSSR count). The molecule has 0 amide bonds. The van der Waals surface area contributed by atoms with Crippen LogP contribution < -0.4 is 0 Å². The van der Waals surface area contributed by atoms with Crippen LogP contribution in [0.5, 0.6) is 0 Å². The fourth-order valence-electron chi connectivity index (χ4n) is 1.65. The van der Waals surface area contributed by atoms with Gasteiger partial charge in [0.05, 0.1) is 11.8 Å². The summed E-state index contributed by atoms with van der Waals surface area (Å²) in [6, 6.07) is 11.4. The highest BCUT2D eigenvalue weighted by atomic mass is 35.5. The van der Waals surface area contributed by atoms with Crippen molar-refractivity contribution < 1.29 is 4.42 Å². The summed E-state index contributed by atoms with van der Waals surface area (Å²) in [5, 5.41) is 1.16. The van der Waals surface area contributed by atoms with Gasteiger partial charge in [-0.1, -0.05) is 18.2 Å². The van der Waals surface area contributed by atoms with Crippen molar-refractivity contribution in [3.63, 3.8) is 0 Å². The summed E-state index contributed by atoms with van der Waals surface area (Å²) in [5.41, 5.74) is 1.54. The van der Waals surface area contributed by atoms with Crippen molar-refractivity contribution in [1.82, 2.24) is 9.97 Å². The molecule has 0 atom stereocenters. The van der Waals surface area contributed by atoms with Crippen molar-refractivity contribution in [2.45, 2.75) is 0 Å². The van der Waals surface area contributed by atoms with E-state index in [2.05, 4.69) is 9.97 Å². The van der Waals surface area contributed by atoms with Crippen LogP contribution in [-0.2, 0) is 0 Å². The molecule has 0 aliphatic heterocycles. The van der Waals surface area contributed by atoms with Gasteiger partial charge in [0.15, 0.2) is 5.76 Å². The van der Waals surface area contributed by atoms with E-state index in [4.69, 9.17) is 16.0 Å². The third kappa shape index (κ3) is 1.46. The number of rotatable bonds is 1. The molecule has 0 spiro atoms. The third-order valence-electron chi connectivity index (χ3n) is 2.33. The van der Waals surface area contributed by atoms with E-state index in [0.29, 0.717) is 5.76 Å². The molecule has 0 saturated carbocycles. The highest BCUT2D eigenvalue weighted by molar-refractivity contribution is 6.28. The van der Waals surface area contributed by atoms with E-state index in [0.717, 1.165) is 16.6 Å². The van der Waals surface area contributed by atoms with Gasteiger partial charge < -0.3 is 4.42 Å². The average Bonchev–Trinajstić information content (AvgIpc) is 2.81. The first-order chi connectivity index (χ1) is 7.84. The predicted octanol–water partition coefficient (Wildman–Crippen LogP) is 3.54. The maximum atomic E-state index is 5.88. The number of para-hydroxylation sites is 1. The summed E-state index contributed by atoms with van der Waals surface area (Å²) in [4.78, 5) is 8.36. The summed E-state index contributed by atoms with van der Waals surface area (Å²) in [7, 11) is 0. The Morgan fingerprint density at radius 3 is 2.69 bits per heavy atom. The second-order valence-electron chi connectivity index (χ2n) is 3.34. The fraction of sp³-hybridized carbons (Fsp3) is 0. The molecule has 3 nitrogen and oxygen atoms in total. The van der Waals surface area contributed by atoms with Crippen LogP contribution in [-0.4, -0.2) is 9.97 Å². The molecule has 2 aromatic heterocycles. The minimum absolute atomic E-state index is 0.227. The van der Waals surface area contributed by atoms with Gasteiger partial charge >= 0.3 is 0 Å². The monoisotopic (exact) mass is 230 g/mol. The molecule has 16 heavy (non-hydrogen) atoms. The van der Waals surface area contributed by atoms with Crippen LogP contribution in [0.25, 0.3) is 22.4 Å². The van der Waals surface area contributed by atoms with Gasteiger partial charge in [-0.25, -0.2) is 9.97 Å². The molecule has 0 unspecified atom stereocenters. The maximum Gasteiger partial charge on any atom is 0.223 e. The number of nitrogens with zero attached hydrogens (tertiary/aromatic N) is 2. The highest BCUT2D eigenvalue weighted by Crippen LogP contribution is 2.27. The van der Waals surface area contributed by atoms with Gasteiger partial charge in [-0.2, -0.15) is 0 Å². The Morgan fingerprint density at radius 2 is 1.88 bits per heavy atom. The molecule has 0 aliphatic carbocycles. The standard InChI is InChI=1S/C12H7ClN2O/c13-12-14-9-5-2-1-4-8(9)11(15-12)10-6-3-7-16-10/h1-7H. The lowest BCUT2D eigenvalue weighted by Gasteiger charge is -2.02. The molecular formula is C12H7ClN2O. The summed E-state index contributed by atoms with van der Waals surface area (Å²) in [6.45, 7) is 0. The lowest BCUT2D eigenvalue weighted by Crippen LogP contribution is -1.89. The topological polar surface area (TPSA) is 38.9 Å². The van der Waals surface area contributed by atoms with Crippen LogP contribution >= 0.6 is 11.6 Å². The van der Waals surface area contributed by atoms with E-state index >= 15 is 0 Å². The molecule has 78 valence electrons. The zero-order valence-electron chi connectivity index (χ0n) is 8.22. The maximum absolute atomic E-state index is 5.88. The number of hydrogen-bond acceptors (Lipinski definition) is 3. The Kier molecular flexibility index (Phi) is 2.11. The molecule has 4 heteroatoms. The Bertz CT molecular complexity index is 635. The molecule has 0 radical (unpaired) electrons. The number of furan rings is 1. The Morgan fingerprint density at radius 1 is 1.00 bits per heavy atom. The summed E-state index contributed by atoms with van der Waals surface area (Å²) < 4.78 is 5.33.